The van der Waals surface area contributed by atoms with E-state index in [0.717, 1.165) is 13.0 Å². The normalized spacial score (nSPS) is 14.2. The molecule has 0 bridgehead atoms. The third-order valence-corrected chi connectivity index (χ3v) is 1.99. The molecule has 4 nitrogen and oxygen atoms in total. The predicted molar refractivity (Wildman–Crippen MR) is 59.9 cm³/mol. The first-order valence-electron chi connectivity index (χ1n) is 4.85. The van der Waals surface area contributed by atoms with Crippen LogP contribution in [0, 0.1) is 11.8 Å². The fraction of sp³-hybridized carbons (Fsp3) is 0.700. The summed E-state index contributed by atoms with van der Waals surface area (Å²) in [6.45, 7) is 2.54. The molecule has 1 heterocycles. The Hall–Kier alpha value is -0.920. The molecule has 5 heteroatoms. The van der Waals surface area contributed by atoms with Crippen molar-refractivity contribution >= 4 is 17.5 Å². The second kappa shape index (κ2) is 7.38. The topological polar surface area (TPSA) is 34.1 Å². The Labute approximate surface area is 95.2 Å². The van der Waals surface area contributed by atoms with Gasteiger partial charge in [-0.15, -0.1) is 11.6 Å². The van der Waals surface area contributed by atoms with Crippen LogP contribution in [0.5, 0.6) is 0 Å². The van der Waals surface area contributed by atoms with Crippen LogP contribution >= 0.6 is 11.6 Å². The Bertz CT molecular complexity index is 270. The summed E-state index contributed by atoms with van der Waals surface area (Å²) < 4.78 is 5.25. The van der Waals surface area contributed by atoms with Crippen molar-refractivity contribution in [2.75, 3.05) is 39.2 Å². The molecule has 0 unspecified atom stereocenters. The van der Waals surface area contributed by atoms with E-state index < -0.39 is 0 Å². The number of hydrogen-bond donors (Lipinski definition) is 0. The summed E-state index contributed by atoms with van der Waals surface area (Å²) in [6.07, 6.45) is 0.744. The molecule has 0 saturated heterocycles. The van der Waals surface area contributed by atoms with Crippen molar-refractivity contribution in [2.24, 2.45) is 5.16 Å². The van der Waals surface area contributed by atoms with Gasteiger partial charge in [0.15, 0.2) is 6.61 Å². The van der Waals surface area contributed by atoms with Crippen LogP contribution in [0.15, 0.2) is 5.16 Å². The maximum atomic E-state index is 5.58. The highest BCUT2D eigenvalue weighted by Crippen LogP contribution is 2.00. The maximum Gasteiger partial charge on any atom is 0.230 e. The monoisotopic (exact) mass is 230 g/mol. The molecule has 0 aliphatic carbocycles. The summed E-state index contributed by atoms with van der Waals surface area (Å²) in [5.41, 5.74) is 0. The zero-order chi connectivity index (χ0) is 10.9. The summed E-state index contributed by atoms with van der Waals surface area (Å²) in [5, 5.41) is 3.70. The zero-order valence-electron chi connectivity index (χ0n) is 8.83. The fourth-order valence-corrected chi connectivity index (χ4v) is 1.27. The highest BCUT2D eigenvalue weighted by Gasteiger charge is 2.07. The first kappa shape index (κ1) is 12.2. The number of halogens is 1. The average molecular weight is 231 g/mol. The Morgan fingerprint density at radius 3 is 3.13 bits per heavy atom. The fourth-order valence-electron chi connectivity index (χ4n) is 0.979. The molecule has 0 N–H and O–H groups in total. The standard InChI is InChI=1S/C10H15ClN2O2/c1-13(7-5-11)6-2-3-8-14-10-4-9-15-12-10/h4-9H2,1H3. The second-order valence-corrected chi connectivity index (χ2v) is 3.52. The van der Waals surface area contributed by atoms with E-state index in [1.54, 1.807) is 0 Å². The Morgan fingerprint density at radius 2 is 2.47 bits per heavy atom. The summed E-state index contributed by atoms with van der Waals surface area (Å²) in [4.78, 5) is 6.83. The van der Waals surface area contributed by atoms with E-state index in [4.69, 9.17) is 21.2 Å². The van der Waals surface area contributed by atoms with Gasteiger partial charge in [0, 0.05) is 12.4 Å². The molecular weight excluding hydrogens is 216 g/mol. The third-order valence-electron chi connectivity index (χ3n) is 1.82. The van der Waals surface area contributed by atoms with Crippen molar-refractivity contribution in [3.63, 3.8) is 0 Å². The molecule has 15 heavy (non-hydrogen) atoms. The van der Waals surface area contributed by atoms with E-state index in [1.165, 1.54) is 0 Å². The molecule has 0 fully saturated rings. The Morgan fingerprint density at radius 1 is 1.60 bits per heavy atom. The van der Waals surface area contributed by atoms with Gasteiger partial charge < -0.3 is 9.57 Å². The van der Waals surface area contributed by atoms with Crippen molar-refractivity contribution < 1.29 is 9.57 Å². The minimum absolute atomic E-state index is 0.372. The highest BCUT2D eigenvalue weighted by molar-refractivity contribution is 6.18. The molecule has 0 aromatic heterocycles. The molecular formula is C10H15ClN2O2. The number of rotatable bonds is 4. The molecule has 84 valence electrons. The molecule has 0 aromatic rings. The van der Waals surface area contributed by atoms with Crippen LogP contribution in [0.3, 0.4) is 0 Å². The van der Waals surface area contributed by atoms with Gasteiger partial charge in [-0.2, -0.15) is 0 Å². The zero-order valence-corrected chi connectivity index (χ0v) is 9.59. The molecule has 1 rings (SSSR count). The number of oxime groups is 1. The van der Waals surface area contributed by atoms with Crippen molar-refractivity contribution in [3.05, 3.63) is 0 Å². The van der Waals surface area contributed by atoms with Gasteiger partial charge in [-0.05, 0) is 7.05 Å². The van der Waals surface area contributed by atoms with E-state index in [2.05, 4.69) is 21.9 Å². The van der Waals surface area contributed by atoms with E-state index in [9.17, 15) is 0 Å². The molecule has 0 saturated carbocycles. The van der Waals surface area contributed by atoms with Gasteiger partial charge in [-0.1, -0.05) is 17.0 Å². The lowest BCUT2D eigenvalue weighted by Gasteiger charge is -2.09. The average Bonchev–Trinajstić information content (AvgIpc) is 2.70. The number of hydrogen-bond acceptors (Lipinski definition) is 4. The Balaban J connectivity index is 2.06. The SMILES string of the molecule is CN(CC#CCOC1=NOCC1)CCCl. The molecule has 0 amide bonds. The lowest BCUT2D eigenvalue weighted by Crippen LogP contribution is -2.20. The largest absolute Gasteiger partial charge is 0.465 e. The Kier molecular flexibility index (Phi) is 5.98. The van der Waals surface area contributed by atoms with Crippen LogP contribution in [0.2, 0.25) is 0 Å². The van der Waals surface area contributed by atoms with E-state index in [0.29, 0.717) is 31.5 Å². The van der Waals surface area contributed by atoms with Crippen molar-refractivity contribution in [1.82, 2.24) is 4.90 Å². The predicted octanol–water partition coefficient (Wildman–Crippen LogP) is 0.911. The van der Waals surface area contributed by atoms with Crippen LogP contribution in [-0.4, -0.2) is 50.0 Å². The lowest BCUT2D eigenvalue weighted by molar-refractivity contribution is 0.171. The van der Waals surface area contributed by atoms with Crippen molar-refractivity contribution in [1.29, 1.82) is 0 Å². The first-order valence-corrected chi connectivity index (χ1v) is 5.38. The van der Waals surface area contributed by atoms with Gasteiger partial charge in [0.1, 0.15) is 6.61 Å². The third kappa shape index (κ3) is 5.50. The number of alkyl halides is 1. The van der Waals surface area contributed by atoms with Crippen LogP contribution < -0.4 is 0 Å². The van der Waals surface area contributed by atoms with Crippen LogP contribution in [-0.2, 0) is 9.57 Å². The molecule has 0 aromatic carbocycles. The summed E-state index contributed by atoms with van der Waals surface area (Å²) >= 11 is 5.58. The molecule has 0 atom stereocenters. The smallest absolute Gasteiger partial charge is 0.230 e. The van der Waals surface area contributed by atoms with Crippen LogP contribution in [0.1, 0.15) is 6.42 Å². The second-order valence-electron chi connectivity index (χ2n) is 3.14. The van der Waals surface area contributed by atoms with E-state index in [1.807, 2.05) is 7.05 Å². The van der Waals surface area contributed by atoms with Crippen LogP contribution in [0.4, 0.5) is 0 Å². The van der Waals surface area contributed by atoms with Gasteiger partial charge in [0.2, 0.25) is 5.90 Å². The van der Waals surface area contributed by atoms with Gasteiger partial charge >= 0.3 is 0 Å². The minimum atomic E-state index is 0.372. The quantitative estimate of drug-likeness (QED) is 0.532. The van der Waals surface area contributed by atoms with Gasteiger partial charge in [-0.3, -0.25) is 4.90 Å². The summed E-state index contributed by atoms with van der Waals surface area (Å²) in [6, 6.07) is 0. The van der Waals surface area contributed by atoms with Gasteiger partial charge in [0.25, 0.3) is 0 Å². The molecule has 0 spiro atoms. The summed E-state index contributed by atoms with van der Waals surface area (Å²) in [7, 11) is 1.98. The minimum Gasteiger partial charge on any atom is -0.465 e. The lowest BCUT2D eigenvalue weighted by atomic mass is 10.5. The van der Waals surface area contributed by atoms with Crippen molar-refractivity contribution in [3.8, 4) is 11.8 Å². The maximum absolute atomic E-state index is 5.58. The van der Waals surface area contributed by atoms with E-state index in [-0.39, 0.29) is 0 Å². The molecule has 0 radical (unpaired) electrons. The first-order chi connectivity index (χ1) is 7.33. The number of ether oxygens (including phenoxy) is 1. The van der Waals surface area contributed by atoms with Crippen LogP contribution in [0.25, 0.3) is 0 Å². The number of nitrogens with zero attached hydrogens (tertiary/aromatic N) is 2. The van der Waals surface area contributed by atoms with Crippen molar-refractivity contribution in [2.45, 2.75) is 6.42 Å². The van der Waals surface area contributed by atoms with E-state index >= 15 is 0 Å². The summed E-state index contributed by atoms with van der Waals surface area (Å²) in [5.74, 6) is 7.16. The molecule has 1 aliphatic heterocycles. The molecule has 1 aliphatic rings. The van der Waals surface area contributed by atoms with Gasteiger partial charge in [0.05, 0.1) is 13.0 Å². The highest BCUT2D eigenvalue weighted by atomic mass is 35.5. The van der Waals surface area contributed by atoms with Gasteiger partial charge in [-0.25, -0.2) is 0 Å².